The first kappa shape index (κ1) is 17.3. The Morgan fingerprint density at radius 1 is 1.20 bits per heavy atom. The molecule has 0 saturated carbocycles. The average Bonchev–Trinajstić information content (AvgIpc) is 3.07. The number of anilines is 1. The van der Waals surface area contributed by atoms with E-state index in [0.717, 1.165) is 4.47 Å². The number of fused-ring (bicyclic) bond motifs is 1. The first-order chi connectivity index (χ1) is 12.0. The molecule has 0 aliphatic rings. The Kier molecular flexibility index (Phi) is 5.25. The van der Waals surface area contributed by atoms with Crippen LogP contribution in [0, 0.1) is 0 Å². The molecular formula is C16H13BrN4O3S. The zero-order valence-electron chi connectivity index (χ0n) is 12.9. The summed E-state index contributed by atoms with van der Waals surface area (Å²) in [6.45, 7) is -0.386. The molecule has 1 aromatic carbocycles. The quantitative estimate of drug-likeness (QED) is 0.659. The van der Waals surface area contributed by atoms with Crippen molar-refractivity contribution in [3.05, 3.63) is 56.9 Å². The molecule has 2 aromatic heterocycles. The summed E-state index contributed by atoms with van der Waals surface area (Å²) in [5, 5.41) is 7.42. The van der Waals surface area contributed by atoms with Crippen LogP contribution in [0.2, 0.25) is 0 Å². The highest BCUT2D eigenvalue weighted by molar-refractivity contribution is 9.10. The van der Waals surface area contributed by atoms with Crippen LogP contribution in [0.3, 0.4) is 0 Å². The summed E-state index contributed by atoms with van der Waals surface area (Å²) in [6, 6.07) is 8.84. The highest BCUT2D eigenvalue weighted by atomic mass is 79.9. The largest absolute Gasteiger partial charge is 0.345 e. The van der Waals surface area contributed by atoms with Crippen LogP contribution in [0.25, 0.3) is 10.2 Å². The van der Waals surface area contributed by atoms with E-state index in [9.17, 15) is 14.4 Å². The van der Waals surface area contributed by atoms with Gasteiger partial charge in [0.25, 0.3) is 5.56 Å². The molecule has 9 heteroatoms. The molecule has 0 fully saturated rings. The average molecular weight is 421 g/mol. The summed E-state index contributed by atoms with van der Waals surface area (Å²) < 4.78 is 1.96. The molecule has 0 saturated heterocycles. The Bertz CT molecular complexity index is 998. The predicted octanol–water partition coefficient (Wildman–Crippen LogP) is 1.98. The number of carbonyl (C=O) groups excluding carboxylic acids is 2. The molecule has 128 valence electrons. The number of rotatable bonds is 5. The van der Waals surface area contributed by atoms with E-state index in [1.54, 1.807) is 29.6 Å². The fraction of sp³-hybridized carbons (Fsp3) is 0.125. The van der Waals surface area contributed by atoms with Gasteiger partial charge in [-0.05, 0) is 39.5 Å². The Morgan fingerprint density at radius 3 is 2.80 bits per heavy atom. The van der Waals surface area contributed by atoms with E-state index in [4.69, 9.17) is 0 Å². The molecule has 3 rings (SSSR count). The van der Waals surface area contributed by atoms with E-state index in [1.165, 1.54) is 22.2 Å². The second-order valence-electron chi connectivity index (χ2n) is 5.12. The van der Waals surface area contributed by atoms with Crippen LogP contribution in [0.15, 0.2) is 51.3 Å². The SMILES string of the molecule is O=C(Cn1cnc2sccc2c1=O)NCC(=O)Nc1ccccc1Br. The van der Waals surface area contributed by atoms with Gasteiger partial charge in [0.05, 0.1) is 23.9 Å². The van der Waals surface area contributed by atoms with Gasteiger partial charge >= 0.3 is 0 Å². The van der Waals surface area contributed by atoms with E-state index >= 15 is 0 Å². The Morgan fingerprint density at radius 2 is 2.00 bits per heavy atom. The molecule has 2 heterocycles. The Balaban J connectivity index is 1.57. The third-order valence-corrected chi connectivity index (χ3v) is 4.87. The van der Waals surface area contributed by atoms with E-state index < -0.39 is 5.91 Å². The van der Waals surface area contributed by atoms with Gasteiger partial charge in [0, 0.05) is 4.47 Å². The van der Waals surface area contributed by atoms with Crippen molar-refractivity contribution in [3.63, 3.8) is 0 Å². The predicted molar refractivity (Wildman–Crippen MR) is 99.7 cm³/mol. The van der Waals surface area contributed by atoms with Crippen LogP contribution in [0.5, 0.6) is 0 Å². The van der Waals surface area contributed by atoms with Gasteiger partial charge in [-0.1, -0.05) is 12.1 Å². The molecule has 0 spiro atoms. The van der Waals surface area contributed by atoms with Gasteiger partial charge in [-0.2, -0.15) is 0 Å². The highest BCUT2D eigenvalue weighted by Crippen LogP contribution is 2.20. The fourth-order valence-electron chi connectivity index (χ4n) is 2.15. The molecule has 0 unspecified atom stereocenters. The number of amides is 2. The maximum absolute atomic E-state index is 12.2. The van der Waals surface area contributed by atoms with Crippen molar-refractivity contribution < 1.29 is 9.59 Å². The lowest BCUT2D eigenvalue weighted by Crippen LogP contribution is -2.37. The normalized spacial score (nSPS) is 10.6. The number of carbonyl (C=O) groups is 2. The topological polar surface area (TPSA) is 93.1 Å². The lowest BCUT2D eigenvalue weighted by Gasteiger charge is -2.09. The van der Waals surface area contributed by atoms with Crippen molar-refractivity contribution in [3.8, 4) is 0 Å². The number of halogens is 1. The number of hydrogen-bond donors (Lipinski definition) is 2. The van der Waals surface area contributed by atoms with Crippen LogP contribution in [0.1, 0.15) is 0 Å². The van der Waals surface area contributed by atoms with Gasteiger partial charge in [0.1, 0.15) is 11.4 Å². The second kappa shape index (κ2) is 7.58. The summed E-state index contributed by atoms with van der Waals surface area (Å²) >= 11 is 4.69. The van der Waals surface area contributed by atoms with Gasteiger partial charge in [-0.3, -0.25) is 19.0 Å². The highest BCUT2D eigenvalue weighted by Gasteiger charge is 2.11. The molecular weight excluding hydrogens is 408 g/mol. The van der Waals surface area contributed by atoms with Crippen LogP contribution in [-0.2, 0) is 16.1 Å². The summed E-state index contributed by atoms with van der Waals surface area (Å²) in [6.07, 6.45) is 1.34. The lowest BCUT2D eigenvalue weighted by molar-refractivity contribution is -0.124. The monoisotopic (exact) mass is 420 g/mol. The maximum atomic E-state index is 12.2. The van der Waals surface area contributed by atoms with Crippen LogP contribution in [-0.4, -0.2) is 27.9 Å². The first-order valence-electron chi connectivity index (χ1n) is 7.28. The number of hydrogen-bond acceptors (Lipinski definition) is 5. The van der Waals surface area contributed by atoms with Crippen LogP contribution >= 0.6 is 27.3 Å². The third-order valence-electron chi connectivity index (χ3n) is 3.36. The van der Waals surface area contributed by atoms with Crippen molar-refractivity contribution >= 4 is 55.0 Å². The number of para-hydroxylation sites is 1. The van der Waals surface area contributed by atoms with E-state index in [1.807, 2.05) is 6.07 Å². The molecule has 25 heavy (non-hydrogen) atoms. The number of aromatic nitrogens is 2. The summed E-state index contributed by atoms with van der Waals surface area (Å²) in [7, 11) is 0. The van der Waals surface area contributed by atoms with Crippen LogP contribution < -0.4 is 16.2 Å². The maximum Gasteiger partial charge on any atom is 0.262 e. The van der Waals surface area contributed by atoms with Crippen LogP contribution in [0.4, 0.5) is 5.69 Å². The zero-order chi connectivity index (χ0) is 17.8. The zero-order valence-corrected chi connectivity index (χ0v) is 15.3. The smallest absolute Gasteiger partial charge is 0.262 e. The lowest BCUT2D eigenvalue weighted by atomic mass is 10.3. The van der Waals surface area contributed by atoms with E-state index in [2.05, 4.69) is 31.5 Å². The molecule has 0 bridgehead atoms. The van der Waals surface area contributed by atoms with Gasteiger partial charge in [0.2, 0.25) is 11.8 Å². The molecule has 2 amide bonds. The molecule has 2 N–H and O–H groups in total. The second-order valence-corrected chi connectivity index (χ2v) is 6.87. The van der Waals surface area contributed by atoms with Gasteiger partial charge in [0.15, 0.2) is 0 Å². The summed E-state index contributed by atoms with van der Waals surface area (Å²) in [5.74, 6) is -0.806. The molecule has 0 aliphatic carbocycles. The Labute approximate surface area is 154 Å². The van der Waals surface area contributed by atoms with Gasteiger partial charge in [-0.15, -0.1) is 11.3 Å². The summed E-state index contributed by atoms with van der Waals surface area (Å²) in [5.41, 5.74) is 0.337. The molecule has 3 aromatic rings. The van der Waals surface area contributed by atoms with Crippen molar-refractivity contribution in [1.82, 2.24) is 14.9 Å². The number of benzene rings is 1. The number of nitrogens with zero attached hydrogens (tertiary/aromatic N) is 2. The molecule has 0 radical (unpaired) electrons. The van der Waals surface area contributed by atoms with Gasteiger partial charge in [-0.25, -0.2) is 4.98 Å². The van der Waals surface area contributed by atoms with Crippen molar-refractivity contribution in [2.75, 3.05) is 11.9 Å². The molecule has 7 nitrogen and oxygen atoms in total. The van der Waals surface area contributed by atoms with Gasteiger partial charge < -0.3 is 10.6 Å². The fourth-order valence-corrected chi connectivity index (χ4v) is 3.26. The first-order valence-corrected chi connectivity index (χ1v) is 8.95. The minimum Gasteiger partial charge on any atom is -0.345 e. The van der Waals surface area contributed by atoms with E-state index in [-0.39, 0.29) is 24.6 Å². The minimum absolute atomic E-state index is 0.191. The van der Waals surface area contributed by atoms with E-state index in [0.29, 0.717) is 15.9 Å². The third kappa shape index (κ3) is 4.12. The molecule has 0 atom stereocenters. The number of thiophene rings is 1. The summed E-state index contributed by atoms with van der Waals surface area (Å²) in [4.78, 5) is 40.9. The van der Waals surface area contributed by atoms with Crippen molar-refractivity contribution in [2.24, 2.45) is 0 Å². The number of nitrogens with one attached hydrogen (secondary N) is 2. The van der Waals surface area contributed by atoms with Crippen molar-refractivity contribution in [2.45, 2.75) is 6.54 Å². The van der Waals surface area contributed by atoms with Crippen molar-refractivity contribution in [1.29, 1.82) is 0 Å². The molecule has 0 aliphatic heterocycles. The minimum atomic E-state index is -0.444. The Hall–Kier alpha value is -2.52. The standard InChI is InChI=1S/C16H13BrN4O3S/c17-11-3-1-2-4-12(11)20-13(22)7-18-14(23)8-21-9-19-15-10(16(21)24)5-6-25-15/h1-6,9H,7-8H2,(H,18,23)(H,20,22).